The number of nitrogens with zero attached hydrogens (tertiary/aromatic N) is 1. The zero-order valence-corrected chi connectivity index (χ0v) is 13.2. The van der Waals surface area contributed by atoms with Gasteiger partial charge in [-0.3, -0.25) is 9.59 Å². The Labute approximate surface area is 131 Å². The Morgan fingerprint density at radius 2 is 1.95 bits per heavy atom. The number of carbonyl (C=O) groups is 2. The van der Waals surface area contributed by atoms with Crippen LogP contribution in [-0.4, -0.2) is 35.8 Å². The summed E-state index contributed by atoms with van der Waals surface area (Å²) >= 11 is 0. The van der Waals surface area contributed by atoms with Crippen LogP contribution >= 0.6 is 0 Å². The molecule has 1 aromatic rings. The Kier molecular flexibility index (Phi) is 4.19. The van der Waals surface area contributed by atoms with Gasteiger partial charge in [0.05, 0.1) is 0 Å². The predicted octanol–water partition coefficient (Wildman–Crippen LogP) is 2.24. The number of hydrogen-bond donors (Lipinski definition) is 1. The van der Waals surface area contributed by atoms with E-state index in [1.807, 2.05) is 6.07 Å². The Morgan fingerprint density at radius 3 is 2.55 bits per heavy atom. The average Bonchev–Trinajstić information content (AvgIpc) is 2.97. The Balaban J connectivity index is 1.64. The van der Waals surface area contributed by atoms with Crippen LogP contribution in [0.1, 0.15) is 44.6 Å². The first kappa shape index (κ1) is 15.1. The molecule has 0 aromatic heterocycles. The van der Waals surface area contributed by atoms with Crippen LogP contribution in [0.25, 0.3) is 0 Å². The largest absolute Gasteiger partial charge is 0.353 e. The van der Waals surface area contributed by atoms with Gasteiger partial charge in [0.25, 0.3) is 0 Å². The van der Waals surface area contributed by atoms with E-state index in [4.69, 9.17) is 0 Å². The molecule has 1 aliphatic carbocycles. The molecular formula is C18H24N2O2. The lowest BCUT2D eigenvalue weighted by Gasteiger charge is -2.43. The molecule has 1 aromatic carbocycles. The summed E-state index contributed by atoms with van der Waals surface area (Å²) in [5, 5.41) is 3.12. The van der Waals surface area contributed by atoms with E-state index in [1.54, 1.807) is 11.8 Å². The van der Waals surface area contributed by atoms with Gasteiger partial charge in [-0.15, -0.1) is 0 Å². The Morgan fingerprint density at radius 1 is 1.23 bits per heavy atom. The van der Waals surface area contributed by atoms with Crippen LogP contribution in [0.3, 0.4) is 0 Å². The second-order valence-electron chi connectivity index (χ2n) is 6.59. The van der Waals surface area contributed by atoms with E-state index in [0.717, 1.165) is 25.7 Å². The molecular weight excluding hydrogens is 276 g/mol. The summed E-state index contributed by atoms with van der Waals surface area (Å²) in [6.45, 7) is 2.93. The highest BCUT2D eigenvalue weighted by atomic mass is 16.2. The smallest absolute Gasteiger partial charge is 0.242 e. The molecule has 3 rings (SSSR count). The molecule has 1 N–H and O–H groups in total. The van der Waals surface area contributed by atoms with Crippen molar-refractivity contribution in [3.63, 3.8) is 0 Å². The van der Waals surface area contributed by atoms with Crippen molar-refractivity contribution in [1.29, 1.82) is 0 Å². The Hall–Kier alpha value is -1.84. The summed E-state index contributed by atoms with van der Waals surface area (Å²) < 4.78 is 0. The molecule has 2 aliphatic rings. The molecule has 1 saturated carbocycles. The highest BCUT2D eigenvalue weighted by Gasteiger charge is 2.40. The third-order valence-electron chi connectivity index (χ3n) is 5.26. The second kappa shape index (κ2) is 6.11. The molecule has 22 heavy (non-hydrogen) atoms. The maximum absolute atomic E-state index is 12.5. The van der Waals surface area contributed by atoms with Crippen molar-refractivity contribution >= 4 is 11.8 Å². The van der Waals surface area contributed by atoms with Crippen LogP contribution in [0.4, 0.5) is 0 Å². The molecule has 4 nitrogen and oxygen atoms in total. The van der Waals surface area contributed by atoms with Crippen molar-refractivity contribution in [3.8, 4) is 0 Å². The summed E-state index contributed by atoms with van der Waals surface area (Å²) in [6.07, 6.45) is 5.16. The van der Waals surface area contributed by atoms with Gasteiger partial charge in [-0.05, 0) is 31.2 Å². The summed E-state index contributed by atoms with van der Waals surface area (Å²) in [7, 11) is 0. The number of amides is 2. The van der Waals surface area contributed by atoms with Crippen LogP contribution in [-0.2, 0) is 15.0 Å². The first-order chi connectivity index (χ1) is 10.6. The van der Waals surface area contributed by atoms with Gasteiger partial charge in [-0.2, -0.15) is 0 Å². The van der Waals surface area contributed by atoms with Gasteiger partial charge in [-0.1, -0.05) is 36.8 Å². The van der Waals surface area contributed by atoms with E-state index >= 15 is 0 Å². The van der Waals surface area contributed by atoms with Gasteiger partial charge in [0, 0.05) is 25.4 Å². The van der Waals surface area contributed by atoms with Crippen molar-refractivity contribution in [2.24, 2.45) is 0 Å². The van der Waals surface area contributed by atoms with Crippen molar-refractivity contribution in [1.82, 2.24) is 10.2 Å². The summed E-state index contributed by atoms with van der Waals surface area (Å²) in [5.74, 6) is 0.00831. The number of carbonyl (C=O) groups excluding carboxylic acids is 2. The fraction of sp³-hybridized carbons (Fsp3) is 0.556. The van der Waals surface area contributed by atoms with E-state index in [1.165, 1.54) is 12.0 Å². The first-order valence-corrected chi connectivity index (χ1v) is 8.23. The third kappa shape index (κ3) is 2.74. The number of benzene rings is 1. The normalized spacial score (nSPS) is 23.0. The highest BCUT2D eigenvalue weighted by molar-refractivity contribution is 5.87. The van der Waals surface area contributed by atoms with Gasteiger partial charge < -0.3 is 10.2 Å². The molecule has 1 heterocycles. The molecule has 118 valence electrons. The molecule has 4 heteroatoms. The molecule has 1 aliphatic heterocycles. The minimum Gasteiger partial charge on any atom is -0.353 e. The minimum absolute atomic E-state index is 0.000864. The summed E-state index contributed by atoms with van der Waals surface area (Å²) in [5.41, 5.74) is 1.41. The van der Waals surface area contributed by atoms with Crippen molar-refractivity contribution in [2.45, 2.75) is 50.5 Å². The van der Waals surface area contributed by atoms with E-state index in [0.29, 0.717) is 13.1 Å². The zero-order chi connectivity index (χ0) is 15.6. The van der Waals surface area contributed by atoms with E-state index < -0.39 is 0 Å². The number of rotatable bonds is 4. The van der Waals surface area contributed by atoms with E-state index in [-0.39, 0.29) is 23.3 Å². The van der Waals surface area contributed by atoms with Gasteiger partial charge in [0.2, 0.25) is 11.8 Å². The highest BCUT2D eigenvalue weighted by Crippen LogP contribution is 2.43. The molecule has 0 radical (unpaired) electrons. The topological polar surface area (TPSA) is 49.4 Å². The SMILES string of the molecule is CC(=O)N1CCCC1C(=O)NCC1(c2ccccc2)CCC1. The predicted molar refractivity (Wildman–Crippen MR) is 85.4 cm³/mol. The van der Waals surface area contributed by atoms with Gasteiger partial charge >= 0.3 is 0 Å². The zero-order valence-electron chi connectivity index (χ0n) is 13.2. The van der Waals surface area contributed by atoms with Crippen LogP contribution in [0.5, 0.6) is 0 Å². The van der Waals surface area contributed by atoms with Crippen LogP contribution in [0.2, 0.25) is 0 Å². The molecule has 1 saturated heterocycles. The van der Waals surface area contributed by atoms with Crippen molar-refractivity contribution in [2.75, 3.05) is 13.1 Å². The molecule has 2 fully saturated rings. The van der Waals surface area contributed by atoms with Crippen LogP contribution < -0.4 is 5.32 Å². The van der Waals surface area contributed by atoms with Crippen LogP contribution in [0.15, 0.2) is 30.3 Å². The molecule has 0 bridgehead atoms. The van der Waals surface area contributed by atoms with Crippen LogP contribution in [0, 0.1) is 0 Å². The molecule has 1 unspecified atom stereocenters. The lowest BCUT2D eigenvalue weighted by atomic mass is 9.64. The third-order valence-corrected chi connectivity index (χ3v) is 5.26. The fourth-order valence-electron chi connectivity index (χ4n) is 3.75. The van der Waals surface area contributed by atoms with Crippen molar-refractivity contribution < 1.29 is 9.59 Å². The van der Waals surface area contributed by atoms with Gasteiger partial charge in [0.15, 0.2) is 0 Å². The lowest BCUT2D eigenvalue weighted by molar-refractivity contribution is -0.137. The minimum atomic E-state index is -0.273. The molecule has 0 spiro atoms. The average molecular weight is 300 g/mol. The second-order valence-corrected chi connectivity index (χ2v) is 6.59. The Bertz CT molecular complexity index is 551. The quantitative estimate of drug-likeness (QED) is 0.927. The first-order valence-electron chi connectivity index (χ1n) is 8.23. The standard InChI is InChI=1S/C18H24N2O2/c1-14(21)20-12-5-9-16(20)17(22)19-13-18(10-6-11-18)15-7-3-2-4-8-15/h2-4,7-8,16H,5-6,9-13H2,1H3,(H,19,22). The van der Waals surface area contributed by atoms with E-state index in [2.05, 4.69) is 29.6 Å². The number of nitrogens with one attached hydrogen (secondary N) is 1. The summed E-state index contributed by atoms with van der Waals surface area (Å²) in [6, 6.07) is 10.2. The van der Waals surface area contributed by atoms with Gasteiger partial charge in [0.1, 0.15) is 6.04 Å². The molecule has 2 amide bonds. The lowest BCUT2D eigenvalue weighted by Crippen LogP contribution is -2.51. The maximum Gasteiger partial charge on any atom is 0.242 e. The van der Waals surface area contributed by atoms with E-state index in [9.17, 15) is 9.59 Å². The molecule has 1 atom stereocenters. The monoisotopic (exact) mass is 300 g/mol. The number of hydrogen-bond acceptors (Lipinski definition) is 2. The summed E-state index contributed by atoms with van der Waals surface area (Å²) in [4.78, 5) is 25.8. The van der Waals surface area contributed by atoms with Crippen molar-refractivity contribution in [3.05, 3.63) is 35.9 Å². The number of likely N-dealkylation sites (tertiary alicyclic amines) is 1. The fourth-order valence-corrected chi connectivity index (χ4v) is 3.75. The van der Waals surface area contributed by atoms with Gasteiger partial charge in [-0.25, -0.2) is 0 Å². The maximum atomic E-state index is 12.5.